The molecule has 1 aliphatic rings. The first kappa shape index (κ1) is 23.2. The van der Waals surface area contributed by atoms with Crippen LogP contribution in [0.3, 0.4) is 0 Å². The predicted octanol–water partition coefficient (Wildman–Crippen LogP) is 5.57. The van der Waals surface area contributed by atoms with Crippen molar-refractivity contribution in [1.82, 2.24) is 4.98 Å². The van der Waals surface area contributed by atoms with Gasteiger partial charge in [0.05, 0.1) is 4.47 Å². The van der Waals surface area contributed by atoms with Crippen molar-refractivity contribution in [1.29, 1.82) is 0 Å². The highest BCUT2D eigenvalue weighted by atomic mass is 79.9. The molecule has 31 heavy (non-hydrogen) atoms. The number of aromatic nitrogens is 1. The first-order valence-electron chi connectivity index (χ1n) is 10.1. The van der Waals surface area contributed by atoms with Crippen molar-refractivity contribution in [2.45, 2.75) is 58.0 Å². The first-order chi connectivity index (χ1) is 14.7. The standard InChI is InChI=1S/C23H25BrN2O5/c1-16(30-20-14-19(24)15-25-22(20)26(27)28)18-8-6-7-17(13-18)10-11-23(2,3)31-21-9-4-5-12-29-21/h6-8,13-16,21H,4-5,9,12H2,1-3H3. The second-order valence-electron chi connectivity index (χ2n) is 7.79. The van der Waals surface area contributed by atoms with Crippen LogP contribution in [0.5, 0.6) is 5.75 Å². The van der Waals surface area contributed by atoms with Crippen molar-refractivity contribution in [3.8, 4) is 17.6 Å². The van der Waals surface area contributed by atoms with Crippen molar-refractivity contribution in [3.63, 3.8) is 0 Å². The molecule has 0 radical (unpaired) electrons. The molecule has 1 fully saturated rings. The number of halogens is 1. The lowest BCUT2D eigenvalue weighted by Gasteiger charge is -2.29. The molecule has 0 amide bonds. The van der Waals surface area contributed by atoms with E-state index < -0.39 is 16.6 Å². The van der Waals surface area contributed by atoms with Crippen molar-refractivity contribution < 1.29 is 19.1 Å². The lowest BCUT2D eigenvalue weighted by atomic mass is 10.1. The van der Waals surface area contributed by atoms with E-state index in [0.717, 1.165) is 37.0 Å². The van der Waals surface area contributed by atoms with Crippen LogP contribution in [-0.2, 0) is 9.47 Å². The molecule has 0 bridgehead atoms. The van der Waals surface area contributed by atoms with E-state index in [2.05, 4.69) is 32.8 Å². The fraction of sp³-hybridized carbons (Fsp3) is 0.435. The molecule has 1 saturated heterocycles. The van der Waals surface area contributed by atoms with Gasteiger partial charge < -0.3 is 24.3 Å². The summed E-state index contributed by atoms with van der Waals surface area (Å²) in [7, 11) is 0. The van der Waals surface area contributed by atoms with Gasteiger partial charge in [-0.25, -0.2) is 0 Å². The Kier molecular flexibility index (Phi) is 7.65. The number of benzene rings is 1. The quantitative estimate of drug-likeness (QED) is 0.300. The molecule has 2 aromatic rings. The number of hydrogen-bond donors (Lipinski definition) is 0. The fourth-order valence-electron chi connectivity index (χ4n) is 3.15. The van der Waals surface area contributed by atoms with Crippen LogP contribution in [0.4, 0.5) is 5.82 Å². The Bertz CT molecular complexity index is 993. The van der Waals surface area contributed by atoms with Crippen LogP contribution in [-0.4, -0.2) is 28.4 Å². The van der Waals surface area contributed by atoms with E-state index in [9.17, 15) is 10.1 Å². The van der Waals surface area contributed by atoms with Crippen LogP contribution >= 0.6 is 15.9 Å². The van der Waals surface area contributed by atoms with E-state index in [1.54, 1.807) is 6.07 Å². The molecule has 7 nitrogen and oxygen atoms in total. The van der Waals surface area contributed by atoms with Gasteiger partial charge in [0.15, 0.2) is 12.5 Å². The van der Waals surface area contributed by atoms with E-state index >= 15 is 0 Å². The monoisotopic (exact) mass is 488 g/mol. The van der Waals surface area contributed by atoms with Crippen LogP contribution in [0.15, 0.2) is 41.0 Å². The molecule has 1 aromatic heterocycles. The molecule has 3 rings (SSSR count). The summed E-state index contributed by atoms with van der Waals surface area (Å²) in [6, 6.07) is 9.12. The normalized spacial score (nSPS) is 17.4. The van der Waals surface area contributed by atoms with Gasteiger partial charge in [0, 0.05) is 18.2 Å². The maximum Gasteiger partial charge on any atom is 0.406 e. The highest BCUT2D eigenvalue weighted by molar-refractivity contribution is 9.10. The number of pyridine rings is 1. The average molecular weight is 489 g/mol. The summed E-state index contributed by atoms with van der Waals surface area (Å²) in [6.45, 7) is 6.39. The van der Waals surface area contributed by atoms with Gasteiger partial charge in [-0.3, -0.25) is 0 Å². The second-order valence-corrected chi connectivity index (χ2v) is 8.71. The van der Waals surface area contributed by atoms with Gasteiger partial charge in [-0.1, -0.05) is 24.0 Å². The van der Waals surface area contributed by atoms with Crippen molar-refractivity contribution in [2.24, 2.45) is 0 Å². The van der Waals surface area contributed by atoms with E-state index in [1.165, 1.54) is 6.20 Å². The average Bonchev–Trinajstić information content (AvgIpc) is 2.73. The van der Waals surface area contributed by atoms with Crippen LogP contribution in [0.25, 0.3) is 0 Å². The number of nitrogens with zero attached hydrogens (tertiary/aromatic N) is 2. The van der Waals surface area contributed by atoms with E-state index in [1.807, 2.05) is 45.0 Å². The lowest BCUT2D eigenvalue weighted by Crippen LogP contribution is -2.33. The maximum absolute atomic E-state index is 11.2. The molecule has 1 aliphatic heterocycles. The molecule has 0 spiro atoms. The first-order valence-corrected chi connectivity index (χ1v) is 10.9. The second kappa shape index (κ2) is 10.2. The molecular weight excluding hydrogens is 464 g/mol. The van der Waals surface area contributed by atoms with E-state index in [0.29, 0.717) is 4.47 Å². The highest BCUT2D eigenvalue weighted by Gasteiger charge is 2.24. The highest BCUT2D eigenvalue weighted by Crippen LogP contribution is 2.31. The van der Waals surface area contributed by atoms with Crippen molar-refractivity contribution in [3.05, 3.63) is 62.2 Å². The van der Waals surface area contributed by atoms with Crippen molar-refractivity contribution in [2.75, 3.05) is 6.61 Å². The molecule has 8 heteroatoms. The van der Waals surface area contributed by atoms with Crippen LogP contribution in [0.2, 0.25) is 0 Å². The smallest absolute Gasteiger partial charge is 0.406 e. The third-order valence-electron chi connectivity index (χ3n) is 4.70. The van der Waals surface area contributed by atoms with Gasteiger partial charge in [-0.2, -0.15) is 0 Å². The molecule has 2 heterocycles. The molecule has 2 atom stereocenters. The topological polar surface area (TPSA) is 83.7 Å². The Morgan fingerprint density at radius 2 is 2.16 bits per heavy atom. The lowest BCUT2D eigenvalue weighted by molar-refractivity contribution is -0.390. The minimum absolute atomic E-state index is 0.102. The van der Waals surface area contributed by atoms with Gasteiger partial charge in [0.25, 0.3) is 0 Å². The number of hydrogen-bond acceptors (Lipinski definition) is 6. The van der Waals surface area contributed by atoms with E-state index in [-0.39, 0.29) is 17.9 Å². The summed E-state index contributed by atoms with van der Waals surface area (Å²) >= 11 is 3.27. The maximum atomic E-state index is 11.2. The zero-order chi connectivity index (χ0) is 22.4. The van der Waals surface area contributed by atoms with Crippen LogP contribution in [0, 0.1) is 22.0 Å². The zero-order valence-corrected chi connectivity index (χ0v) is 19.3. The largest absolute Gasteiger partial charge is 0.478 e. The van der Waals surface area contributed by atoms with Gasteiger partial charge >= 0.3 is 5.82 Å². The molecule has 0 saturated carbocycles. The summed E-state index contributed by atoms with van der Waals surface area (Å²) < 4.78 is 18.1. The van der Waals surface area contributed by atoms with Gasteiger partial charge in [-0.15, -0.1) is 0 Å². The van der Waals surface area contributed by atoms with Gasteiger partial charge in [-0.05, 0) is 83.6 Å². The fourth-order valence-corrected chi connectivity index (χ4v) is 3.46. The Morgan fingerprint density at radius 3 is 2.87 bits per heavy atom. The Labute approximate surface area is 190 Å². The minimum atomic E-state index is -0.650. The van der Waals surface area contributed by atoms with Crippen molar-refractivity contribution >= 4 is 21.7 Å². The Morgan fingerprint density at radius 1 is 1.35 bits per heavy atom. The summed E-state index contributed by atoms with van der Waals surface area (Å²) in [5.41, 5.74) is 0.995. The van der Waals surface area contributed by atoms with Crippen LogP contribution < -0.4 is 4.74 Å². The number of ether oxygens (including phenoxy) is 3. The van der Waals surface area contributed by atoms with E-state index in [4.69, 9.17) is 14.2 Å². The van der Waals surface area contributed by atoms with Gasteiger partial charge in [0.1, 0.15) is 11.7 Å². The Hall–Kier alpha value is -2.47. The molecule has 0 N–H and O–H groups in total. The molecule has 0 aliphatic carbocycles. The molecule has 164 valence electrons. The molecular formula is C23H25BrN2O5. The zero-order valence-electron chi connectivity index (χ0n) is 17.8. The summed E-state index contributed by atoms with van der Waals surface area (Å²) in [6.07, 6.45) is 3.77. The number of nitro groups is 1. The predicted molar refractivity (Wildman–Crippen MR) is 120 cm³/mol. The summed E-state index contributed by atoms with van der Waals surface area (Å²) in [5, 5.41) is 11.2. The third kappa shape index (κ3) is 6.76. The summed E-state index contributed by atoms with van der Waals surface area (Å²) in [5.74, 6) is 6.11. The third-order valence-corrected chi connectivity index (χ3v) is 5.14. The van der Waals surface area contributed by atoms with Gasteiger partial charge in [0.2, 0.25) is 5.75 Å². The SMILES string of the molecule is CC(Oc1cc(Br)cnc1[N+](=O)[O-])c1cccc(C#CC(C)(C)OC2CCCCO2)c1. The molecule has 2 unspecified atom stereocenters. The molecule has 1 aromatic carbocycles. The number of rotatable bonds is 6. The summed E-state index contributed by atoms with van der Waals surface area (Å²) in [4.78, 5) is 14.5. The minimum Gasteiger partial charge on any atom is -0.478 e. The van der Waals surface area contributed by atoms with Crippen LogP contribution in [0.1, 0.15) is 57.3 Å². The Balaban J connectivity index is 1.73.